The smallest absolute Gasteiger partial charge is 0.230 e. The zero-order chi connectivity index (χ0) is 16.2. The number of ketones is 1. The number of carbonyl (C=O) groups excluding carboxylic acids is 2. The van der Waals surface area contributed by atoms with Gasteiger partial charge >= 0.3 is 0 Å². The van der Waals surface area contributed by atoms with Crippen molar-refractivity contribution in [2.24, 2.45) is 0 Å². The summed E-state index contributed by atoms with van der Waals surface area (Å²) in [7, 11) is 0. The molecule has 3 rings (SSSR count). The van der Waals surface area contributed by atoms with Crippen molar-refractivity contribution in [1.29, 1.82) is 0 Å². The first-order valence-electron chi connectivity index (χ1n) is 7.62. The van der Waals surface area contributed by atoms with Gasteiger partial charge in [-0.05, 0) is 18.6 Å². The van der Waals surface area contributed by atoms with Gasteiger partial charge in [0.15, 0.2) is 5.76 Å². The van der Waals surface area contributed by atoms with Crippen molar-refractivity contribution >= 4 is 28.3 Å². The van der Waals surface area contributed by atoms with Gasteiger partial charge in [-0.1, -0.05) is 49.4 Å². The molecule has 0 aliphatic rings. The van der Waals surface area contributed by atoms with Crippen molar-refractivity contribution in [3.05, 3.63) is 65.9 Å². The Balaban J connectivity index is 2.08. The number of fused-ring (bicyclic) bond motifs is 1. The quantitative estimate of drug-likeness (QED) is 0.711. The molecule has 0 saturated heterocycles. The van der Waals surface area contributed by atoms with Crippen LogP contribution >= 0.6 is 0 Å². The van der Waals surface area contributed by atoms with Crippen LogP contribution in [0.4, 0.5) is 5.69 Å². The van der Waals surface area contributed by atoms with Crippen LogP contribution in [0.15, 0.2) is 59.0 Å². The lowest BCUT2D eigenvalue weighted by Gasteiger charge is -2.05. The summed E-state index contributed by atoms with van der Waals surface area (Å²) in [6.07, 6.45) is 1.14. The fraction of sp³-hybridized carbons (Fsp3) is 0.158. The first kappa shape index (κ1) is 15.0. The number of carbonyl (C=O) groups is 2. The summed E-state index contributed by atoms with van der Waals surface area (Å²) < 4.78 is 5.73. The normalized spacial score (nSPS) is 10.7. The fourth-order valence-corrected chi connectivity index (χ4v) is 2.48. The second-order valence-electron chi connectivity index (χ2n) is 5.30. The van der Waals surface area contributed by atoms with E-state index in [2.05, 4.69) is 5.32 Å². The third-order valence-corrected chi connectivity index (χ3v) is 3.58. The van der Waals surface area contributed by atoms with Crippen molar-refractivity contribution in [3.63, 3.8) is 0 Å². The summed E-state index contributed by atoms with van der Waals surface area (Å²) in [4.78, 5) is 24.7. The second-order valence-corrected chi connectivity index (χ2v) is 5.30. The molecule has 0 radical (unpaired) electrons. The van der Waals surface area contributed by atoms with Crippen LogP contribution in [-0.4, -0.2) is 11.7 Å². The van der Waals surface area contributed by atoms with Crippen molar-refractivity contribution in [1.82, 2.24) is 0 Å². The van der Waals surface area contributed by atoms with Gasteiger partial charge in [0, 0.05) is 17.4 Å². The number of benzene rings is 2. The summed E-state index contributed by atoms with van der Waals surface area (Å²) in [5.41, 5.74) is 1.56. The van der Waals surface area contributed by atoms with E-state index in [4.69, 9.17) is 4.42 Å². The highest BCUT2D eigenvalue weighted by atomic mass is 16.3. The van der Waals surface area contributed by atoms with Crippen molar-refractivity contribution in [3.8, 4) is 0 Å². The van der Waals surface area contributed by atoms with E-state index in [0.29, 0.717) is 23.3 Å². The average Bonchev–Trinajstić information content (AvgIpc) is 2.94. The standard InChI is InChI=1S/C19H17NO3/c1-2-8-16(21)20-17-14-11-6-7-12-15(14)23-19(17)18(22)13-9-4-3-5-10-13/h3-7,9-12H,2,8H2,1H3,(H,20,21). The Morgan fingerprint density at radius 2 is 1.70 bits per heavy atom. The highest BCUT2D eigenvalue weighted by Gasteiger charge is 2.22. The van der Waals surface area contributed by atoms with Crippen LogP contribution in [0.2, 0.25) is 0 Å². The van der Waals surface area contributed by atoms with Crippen LogP contribution in [0, 0.1) is 0 Å². The predicted octanol–water partition coefficient (Wildman–Crippen LogP) is 4.40. The molecular formula is C19H17NO3. The number of rotatable bonds is 5. The minimum Gasteiger partial charge on any atom is -0.450 e. The molecule has 1 amide bonds. The molecule has 0 saturated carbocycles. The van der Waals surface area contributed by atoms with Crippen LogP contribution in [0.3, 0.4) is 0 Å². The Morgan fingerprint density at radius 3 is 2.43 bits per heavy atom. The van der Waals surface area contributed by atoms with Crippen LogP contribution in [-0.2, 0) is 4.79 Å². The molecule has 1 heterocycles. The lowest BCUT2D eigenvalue weighted by molar-refractivity contribution is -0.116. The average molecular weight is 307 g/mol. The van der Waals surface area contributed by atoms with E-state index in [-0.39, 0.29) is 17.5 Å². The number of nitrogens with one attached hydrogen (secondary N) is 1. The Morgan fingerprint density at radius 1 is 1.00 bits per heavy atom. The zero-order valence-electron chi connectivity index (χ0n) is 12.8. The van der Waals surface area contributed by atoms with Crippen molar-refractivity contribution < 1.29 is 14.0 Å². The van der Waals surface area contributed by atoms with E-state index in [9.17, 15) is 9.59 Å². The Hall–Kier alpha value is -2.88. The summed E-state index contributed by atoms with van der Waals surface area (Å²) in [5.74, 6) is -0.198. The van der Waals surface area contributed by atoms with Crippen LogP contribution in [0.5, 0.6) is 0 Å². The molecule has 0 unspecified atom stereocenters. The fourth-order valence-electron chi connectivity index (χ4n) is 2.48. The Kier molecular flexibility index (Phi) is 4.24. The number of hydrogen-bond donors (Lipinski definition) is 1. The third-order valence-electron chi connectivity index (χ3n) is 3.58. The van der Waals surface area contributed by atoms with Crippen LogP contribution in [0.25, 0.3) is 11.0 Å². The minimum absolute atomic E-state index is 0.124. The maximum absolute atomic E-state index is 12.7. The molecule has 1 N–H and O–H groups in total. The first-order valence-corrected chi connectivity index (χ1v) is 7.62. The number of amides is 1. The van der Waals surface area contributed by atoms with E-state index in [0.717, 1.165) is 11.8 Å². The molecule has 0 fully saturated rings. The molecular weight excluding hydrogens is 290 g/mol. The molecule has 0 spiro atoms. The number of furan rings is 1. The van der Waals surface area contributed by atoms with Crippen molar-refractivity contribution in [2.45, 2.75) is 19.8 Å². The third kappa shape index (κ3) is 3.01. The van der Waals surface area contributed by atoms with Gasteiger partial charge < -0.3 is 9.73 Å². The first-order chi connectivity index (χ1) is 11.2. The molecule has 0 aliphatic heterocycles. The Bertz CT molecular complexity index is 849. The van der Waals surface area contributed by atoms with E-state index in [1.165, 1.54) is 0 Å². The van der Waals surface area contributed by atoms with E-state index in [1.807, 2.05) is 31.2 Å². The Labute approximate surface area is 134 Å². The van der Waals surface area contributed by atoms with Gasteiger partial charge in [-0.25, -0.2) is 0 Å². The lowest BCUT2D eigenvalue weighted by atomic mass is 10.1. The summed E-state index contributed by atoms with van der Waals surface area (Å²) in [5, 5.41) is 3.56. The maximum Gasteiger partial charge on any atom is 0.230 e. The van der Waals surface area contributed by atoms with E-state index in [1.54, 1.807) is 30.3 Å². The molecule has 1 aromatic heterocycles. The molecule has 4 heteroatoms. The zero-order valence-corrected chi connectivity index (χ0v) is 12.8. The molecule has 2 aromatic carbocycles. The van der Waals surface area contributed by atoms with Crippen LogP contribution in [0.1, 0.15) is 35.9 Å². The van der Waals surface area contributed by atoms with Crippen LogP contribution < -0.4 is 5.32 Å². The van der Waals surface area contributed by atoms with Gasteiger partial charge in [-0.15, -0.1) is 0 Å². The van der Waals surface area contributed by atoms with E-state index < -0.39 is 0 Å². The van der Waals surface area contributed by atoms with Gasteiger partial charge in [0.25, 0.3) is 0 Å². The van der Waals surface area contributed by atoms with Gasteiger partial charge in [0.1, 0.15) is 5.58 Å². The van der Waals surface area contributed by atoms with Gasteiger partial charge in [-0.2, -0.15) is 0 Å². The van der Waals surface area contributed by atoms with Gasteiger partial charge in [0.2, 0.25) is 11.7 Å². The topological polar surface area (TPSA) is 59.3 Å². The SMILES string of the molecule is CCCC(=O)Nc1c(C(=O)c2ccccc2)oc2ccccc12. The second kappa shape index (κ2) is 6.48. The highest BCUT2D eigenvalue weighted by molar-refractivity contribution is 6.17. The molecule has 0 aliphatic carbocycles. The molecule has 3 aromatic rings. The maximum atomic E-state index is 12.7. The summed E-state index contributed by atoms with van der Waals surface area (Å²) in [6.45, 7) is 1.93. The monoisotopic (exact) mass is 307 g/mol. The predicted molar refractivity (Wildman–Crippen MR) is 89.6 cm³/mol. The molecule has 4 nitrogen and oxygen atoms in total. The largest absolute Gasteiger partial charge is 0.450 e. The van der Waals surface area contributed by atoms with Crippen molar-refractivity contribution in [2.75, 3.05) is 5.32 Å². The van der Waals surface area contributed by atoms with Gasteiger partial charge in [-0.3, -0.25) is 9.59 Å². The minimum atomic E-state index is -0.242. The van der Waals surface area contributed by atoms with E-state index >= 15 is 0 Å². The number of para-hydroxylation sites is 1. The number of hydrogen-bond acceptors (Lipinski definition) is 3. The van der Waals surface area contributed by atoms with Gasteiger partial charge in [0.05, 0.1) is 5.69 Å². The summed E-state index contributed by atoms with van der Waals surface area (Å²) >= 11 is 0. The highest BCUT2D eigenvalue weighted by Crippen LogP contribution is 2.32. The molecule has 0 atom stereocenters. The lowest BCUT2D eigenvalue weighted by Crippen LogP contribution is -2.13. The number of anilines is 1. The molecule has 23 heavy (non-hydrogen) atoms. The molecule has 116 valence electrons. The summed E-state index contributed by atoms with van der Waals surface area (Å²) in [6, 6.07) is 16.2. The molecule has 0 bridgehead atoms.